The number of ether oxygens (including phenoxy) is 3. The topological polar surface area (TPSA) is 73.9 Å². The third-order valence-electron chi connectivity index (χ3n) is 3.84. The van der Waals surface area contributed by atoms with Gasteiger partial charge in [-0.25, -0.2) is 4.79 Å². The van der Waals surface area contributed by atoms with Gasteiger partial charge in [0, 0.05) is 11.6 Å². The van der Waals surface area contributed by atoms with Crippen molar-refractivity contribution in [3.8, 4) is 11.5 Å². The molecule has 26 heavy (non-hydrogen) atoms. The summed E-state index contributed by atoms with van der Waals surface area (Å²) in [7, 11) is 0. The fourth-order valence-electron chi connectivity index (χ4n) is 2.41. The monoisotopic (exact) mass is 375 g/mol. The minimum absolute atomic E-state index is 0.0316. The Hall–Kier alpha value is -2.73. The van der Waals surface area contributed by atoms with Crippen molar-refractivity contribution >= 4 is 23.5 Å². The zero-order valence-corrected chi connectivity index (χ0v) is 14.9. The quantitative estimate of drug-likeness (QED) is 0.813. The minimum atomic E-state index is -0.967. The molecular formula is C19H18ClNO5. The number of para-hydroxylation sites is 2. The van der Waals surface area contributed by atoms with Crippen LogP contribution in [0.3, 0.4) is 0 Å². The van der Waals surface area contributed by atoms with E-state index < -0.39 is 24.1 Å². The van der Waals surface area contributed by atoms with Crippen LogP contribution in [-0.4, -0.2) is 30.7 Å². The molecule has 136 valence electrons. The summed E-state index contributed by atoms with van der Waals surface area (Å²) >= 11 is 6.05. The number of halogens is 1. The molecule has 1 N–H and O–H groups in total. The first-order valence-electron chi connectivity index (χ1n) is 8.14. The summed E-state index contributed by atoms with van der Waals surface area (Å²) in [6.45, 7) is 1.78. The predicted octanol–water partition coefficient (Wildman–Crippen LogP) is 2.73. The Morgan fingerprint density at radius 2 is 1.88 bits per heavy atom. The number of benzene rings is 2. The molecule has 2 atom stereocenters. The molecule has 0 saturated heterocycles. The Kier molecular flexibility index (Phi) is 5.63. The van der Waals surface area contributed by atoms with E-state index in [0.717, 1.165) is 5.56 Å². The molecule has 6 nitrogen and oxygen atoms in total. The fraction of sp³-hybridized carbons (Fsp3) is 0.263. The highest BCUT2D eigenvalue weighted by atomic mass is 35.5. The summed E-state index contributed by atoms with van der Waals surface area (Å²) in [5.41, 5.74) is 0.779. The first-order valence-corrected chi connectivity index (χ1v) is 8.52. The summed E-state index contributed by atoms with van der Waals surface area (Å²) in [5.74, 6) is -0.0334. The van der Waals surface area contributed by atoms with Crippen molar-refractivity contribution in [2.75, 3.05) is 6.61 Å². The Morgan fingerprint density at radius 1 is 1.19 bits per heavy atom. The van der Waals surface area contributed by atoms with Crippen molar-refractivity contribution in [2.45, 2.75) is 25.7 Å². The normalized spacial score (nSPS) is 16.5. The summed E-state index contributed by atoms with van der Waals surface area (Å²) in [6.07, 6.45) is -1.88. The van der Waals surface area contributed by atoms with E-state index in [1.54, 1.807) is 24.3 Å². The molecule has 0 fully saturated rings. The molecule has 1 amide bonds. The SMILES string of the molecule is CC(OC(=O)C1COc2ccccc2O1)C(=O)NCc1ccccc1Cl. The van der Waals surface area contributed by atoms with Gasteiger partial charge in [-0.05, 0) is 30.7 Å². The molecule has 0 aliphatic carbocycles. The van der Waals surface area contributed by atoms with Crippen LogP contribution in [0, 0.1) is 0 Å². The largest absolute Gasteiger partial charge is 0.485 e. The molecule has 1 aliphatic rings. The van der Waals surface area contributed by atoms with Gasteiger partial charge in [-0.3, -0.25) is 4.79 Å². The molecule has 2 aromatic rings. The van der Waals surface area contributed by atoms with Crippen molar-refractivity contribution in [1.82, 2.24) is 5.32 Å². The highest BCUT2D eigenvalue weighted by Gasteiger charge is 2.31. The second-order valence-electron chi connectivity index (χ2n) is 5.75. The van der Waals surface area contributed by atoms with Crippen LogP contribution in [-0.2, 0) is 20.9 Å². The predicted molar refractivity (Wildman–Crippen MR) is 95.2 cm³/mol. The molecule has 0 saturated carbocycles. The van der Waals surface area contributed by atoms with Gasteiger partial charge in [0.2, 0.25) is 6.10 Å². The molecule has 0 spiro atoms. The van der Waals surface area contributed by atoms with E-state index >= 15 is 0 Å². The Labute approximate surface area is 156 Å². The molecule has 1 aliphatic heterocycles. The molecule has 2 aromatic carbocycles. The first-order chi connectivity index (χ1) is 12.5. The number of nitrogens with one attached hydrogen (secondary N) is 1. The van der Waals surface area contributed by atoms with Crippen LogP contribution in [0.1, 0.15) is 12.5 Å². The summed E-state index contributed by atoms with van der Waals surface area (Å²) in [4.78, 5) is 24.4. The van der Waals surface area contributed by atoms with E-state index in [-0.39, 0.29) is 13.2 Å². The number of fused-ring (bicyclic) bond motifs is 1. The molecule has 7 heteroatoms. The van der Waals surface area contributed by atoms with Crippen molar-refractivity contribution in [1.29, 1.82) is 0 Å². The van der Waals surface area contributed by atoms with Gasteiger partial charge in [-0.2, -0.15) is 0 Å². The molecule has 1 heterocycles. The smallest absolute Gasteiger partial charge is 0.351 e. The van der Waals surface area contributed by atoms with E-state index in [1.807, 2.05) is 24.3 Å². The number of carbonyl (C=O) groups is 2. The summed E-state index contributed by atoms with van der Waals surface area (Å²) in [6, 6.07) is 14.2. The van der Waals surface area contributed by atoms with Crippen LogP contribution in [0.2, 0.25) is 5.02 Å². The van der Waals surface area contributed by atoms with Crippen LogP contribution in [0.25, 0.3) is 0 Å². The maximum atomic E-state index is 12.2. The summed E-state index contributed by atoms with van der Waals surface area (Å²) < 4.78 is 16.2. The number of rotatable bonds is 5. The maximum Gasteiger partial charge on any atom is 0.351 e. The lowest BCUT2D eigenvalue weighted by molar-refractivity contribution is -0.163. The van der Waals surface area contributed by atoms with Crippen molar-refractivity contribution in [3.63, 3.8) is 0 Å². The first kappa shape index (κ1) is 18.1. The highest BCUT2D eigenvalue weighted by Crippen LogP contribution is 2.31. The van der Waals surface area contributed by atoms with Crippen molar-refractivity contribution in [3.05, 3.63) is 59.1 Å². The molecular weight excluding hydrogens is 358 g/mol. The Balaban J connectivity index is 1.51. The molecule has 3 rings (SSSR count). The van der Waals surface area contributed by atoms with Crippen LogP contribution in [0.4, 0.5) is 0 Å². The van der Waals surface area contributed by atoms with Gasteiger partial charge in [-0.1, -0.05) is 41.9 Å². The average Bonchev–Trinajstić information content (AvgIpc) is 2.66. The zero-order chi connectivity index (χ0) is 18.5. The van der Waals surface area contributed by atoms with Crippen molar-refractivity contribution < 1.29 is 23.8 Å². The number of esters is 1. The van der Waals surface area contributed by atoms with E-state index in [1.165, 1.54) is 6.92 Å². The average molecular weight is 376 g/mol. The van der Waals surface area contributed by atoms with E-state index in [4.69, 9.17) is 25.8 Å². The van der Waals surface area contributed by atoms with Crippen LogP contribution >= 0.6 is 11.6 Å². The molecule has 0 aromatic heterocycles. The van der Waals surface area contributed by atoms with Crippen LogP contribution in [0.15, 0.2) is 48.5 Å². The van der Waals surface area contributed by atoms with Gasteiger partial charge in [0.25, 0.3) is 5.91 Å². The number of carbonyl (C=O) groups excluding carboxylic acids is 2. The van der Waals surface area contributed by atoms with Crippen molar-refractivity contribution in [2.24, 2.45) is 0 Å². The molecule has 0 bridgehead atoms. The summed E-state index contributed by atoms with van der Waals surface area (Å²) in [5, 5.41) is 3.25. The van der Waals surface area contributed by atoms with E-state index in [9.17, 15) is 9.59 Å². The fourth-order valence-corrected chi connectivity index (χ4v) is 2.61. The van der Waals surface area contributed by atoms with Gasteiger partial charge >= 0.3 is 5.97 Å². The Morgan fingerprint density at radius 3 is 2.65 bits per heavy atom. The lowest BCUT2D eigenvalue weighted by atomic mass is 10.2. The van der Waals surface area contributed by atoms with Gasteiger partial charge in [-0.15, -0.1) is 0 Å². The van der Waals surface area contributed by atoms with Gasteiger partial charge in [0.05, 0.1) is 0 Å². The second kappa shape index (κ2) is 8.10. The van der Waals surface area contributed by atoms with Gasteiger partial charge < -0.3 is 19.5 Å². The Bertz CT molecular complexity index is 810. The van der Waals surface area contributed by atoms with Gasteiger partial charge in [0.1, 0.15) is 6.61 Å². The second-order valence-corrected chi connectivity index (χ2v) is 6.16. The third kappa shape index (κ3) is 4.26. The number of hydrogen-bond donors (Lipinski definition) is 1. The third-order valence-corrected chi connectivity index (χ3v) is 4.21. The van der Waals surface area contributed by atoms with E-state index in [2.05, 4.69) is 5.32 Å². The van der Waals surface area contributed by atoms with Gasteiger partial charge in [0.15, 0.2) is 17.6 Å². The lowest BCUT2D eigenvalue weighted by Gasteiger charge is -2.25. The molecule has 2 unspecified atom stereocenters. The molecule has 0 radical (unpaired) electrons. The minimum Gasteiger partial charge on any atom is -0.485 e. The highest BCUT2D eigenvalue weighted by molar-refractivity contribution is 6.31. The van der Waals surface area contributed by atoms with Crippen LogP contribution < -0.4 is 14.8 Å². The zero-order valence-electron chi connectivity index (χ0n) is 14.1. The lowest BCUT2D eigenvalue weighted by Crippen LogP contribution is -2.42. The number of hydrogen-bond acceptors (Lipinski definition) is 5. The standard InChI is InChI=1S/C19H18ClNO5/c1-12(18(22)21-10-13-6-2-3-7-14(13)20)25-19(23)17-11-24-15-8-4-5-9-16(15)26-17/h2-9,12,17H,10-11H2,1H3,(H,21,22). The van der Waals surface area contributed by atoms with E-state index in [0.29, 0.717) is 16.5 Å². The number of amides is 1. The van der Waals surface area contributed by atoms with Crippen LogP contribution in [0.5, 0.6) is 11.5 Å². The maximum absolute atomic E-state index is 12.2.